The molecule has 1 amide bonds. The number of carbonyl (C=O) groups is 1. The summed E-state index contributed by atoms with van der Waals surface area (Å²) in [7, 11) is 4.33. The summed E-state index contributed by atoms with van der Waals surface area (Å²) >= 11 is 0. The minimum Gasteiger partial charge on any atom is -0.356 e. The van der Waals surface area contributed by atoms with Crippen LogP contribution >= 0.6 is 0 Å². The van der Waals surface area contributed by atoms with Crippen molar-refractivity contribution in [2.24, 2.45) is 46.3 Å². The first-order chi connectivity index (χ1) is 16.7. The molecular formula is C32H58N2O. The fourth-order valence-electron chi connectivity index (χ4n) is 10.3. The molecule has 0 bridgehead atoms. The molecule has 0 radical (unpaired) electrons. The largest absolute Gasteiger partial charge is 0.356 e. The highest BCUT2D eigenvalue weighted by Gasteiger charge is 2.60. The molecule has 202 valence electrons. The monoisotopic (exact) mass is 486 g/mol. The first-order valence-electron chi connectivity index (χ1n) is 15.6. The van der Waals surface area contributed by atoms with Crippen LogP contribution in [0.2, 0.25) is 0 Å². The summed E-state index contributed by atoms with van der Waals surface area (Å²) in [5.74, 6) is 5.73. The van der Waals surface area contributed by atoms with Crippen molar-refractivity contribution >= 4 is 5.91 Å². The highest BCUT2D eigenvalue weighted by Crippen LogP contribution is 2.68. The number of hydrogen-bond donors (Lipinski definition) is 1. The maximum Gasteiger partial charge on any atom is 0.220 e. The van der Waals surface area contributed by atoms with Gasteiger partial charge in [-0.3, -0.25) is 4.79 Å². The Hall–Kier alpha value is -0.570. The van der Waals surface area contributed by atoms with Gasteiger partial charge in [0.2, 0.25) is 5.91 Å². The third-order valence-corrected chi connectivity index (χ3v) is 12.4. The molecule has 4 aliphatic rings. The van der Waals surface area contributed by atoms with Gasteiger partial charge in [-0.15, -0.1) is 0 Å². The van der Waals surface area contributed by atoms with Gasteiger partial charge in [0.1, 0.15) is 0 Å². The van der Waals surface area contributed by atoms with Crippen molar-refractivity contribution in [3.63, 3.8) is 0 Å². The Morgan fingerprint density at radius 2 is 1.71 bits per heavy atom. The van der Waals surface area contributed by atoms with Gasteiger partial charge in [-0.05, 0) is 137 Å². The van der Waals surface area contributed by atoms with E-state index in [4.69, 9.17) is 0 Å². The average Bonchev–Trinajstić information content (AvgIpc) is 3.19. The van der Waals surface area contributed by atoms with Crippen LogP contribution in [0.4, 0.5) is 0 Å². The van der Waals surface area contributed by atoms with Crippen LogP contribution in [0.15, 0.2) is 0 Å². The van der Waals surface area contributed by atoms with Crippen molar-refractivity contribution in [2.45, 2.75) is 130 Å². The Kier molecular flexibility index (Phi) is 8.98. The standard InChI is InChI=1S/C32H58N2O/c1-7-25(34(5)6)12-10-22-33-30(35)18-13-23(2)27-16-17-28-26-15-14-24-11-8-9-20-31(24,3)29(26)19-21-32(27,28)4/h23-29H,7-22H2,1-6H3,(H,33,35)/t23-,24?,25?,26?,27-,28?,29?,31+,32-/m1/s1. The molecule has 4 saturated carbocycles. The van der Waals surface area contributed by atoms with E-state index in [9.17, 15) is 4.79 Å². The molecule has 5 unspecified atom stereocenters. The van der Waals surface area contributed by atoms with Crippen molar-refractivity contribution in [3.05, 3.63) is 0 Å². The Labute approximate surface area is 218 Å². The van der Waals surface area contributed by atoms with Crippen molar-refractivity contribution in [1.82, 2.24) is 10.2 Å². The van der Waals surface area contributed by atoms with Gasteiger partial charge in [0.25, 0.3) is 0 Å². The number of hydrogen-bond acceptors (Lipinski definition) is 2. The summed E-state index contributed by atoms with van der Waals surface area (Å²) in [4.78, 5) is 14.9. The third-order valence-electron chi connectivity index (χ3n) is 12.4. The summed E-state index contributed by atoms with van der Waals surface area (Å²) in [5.41, 5.74) is 1.17. The third kappa shape index (κ3) is 5.51. The Bertz CT molecular complexity index is 706. The zero-order chi connectivity index (χ0) is 25.2. The summed E-state index contributed by atoms with van der Waals surface area (Å²) in [5, 5.41) is 3.22. The number of nitrogens with zero attached hydrogens (tertiary/aromatic N) is 1. The van der Waals surface area contributed by atoms with Crippen LogP contribution in [0.25, 0.3) is 0 Å². The molecule has 0 heterocycles. The minimum atomic E-state index is 0.279. The van der Waals surface area contributed by atoms with Gasteiger partial charge in [0.15, 0.2) is 0 Å². The highest BCUT2D eigenvalue weighted by atomic mass is 16.1. The molecule has 0 aromatic rings. The molecule has 4 fully saturated rings. The van der Waals surface area contributed by atoms with E-state index in [2.05, 4.69) is 52.0 Å². The van der Waals surface area contributed by atoms with Gasteiger partial charge in [-0.1, -0.05) is 40.5 Å². The van der Waals surface area contributed by atoms with Crippen LogP contribution in [-0.4, -0.2) is 37.5 Å². The summed E-state index contributed by atoms with van der Waals surface area (Å²) in [6, 6.07) is 0.633. The SMILES string of the molecule is CCC(CCCNC(=O)CC[C@@H](C)[C@H]1CCC2C3CCC4CCCC[C@]4(C)C3CC[C@@]21C)N(C)C. The predicted molar refractivity (Wildman–Crippen MR) is 148 cm³/mol. The molecule has 0 spiro atoms. The van der Waals surface area contributed by atoms with Gasteiger partial charge < -0.3 is 10.2 Å². The van der Waals surface area contributed by atoms with E-state index in [1.54, 1.807) is 0 Å². The quantitative estimate of drug-likeness (QED) is 0.321. The molecule has 4 aliphatic carbocycles. The van der Waals surface area contributed by atoms with Crippen LogP contribution in [0.3, 0.4) is 0 Å². The molecule has 35 heavy (non-hydrogen) atoms. The second-order valence-corrected chi connectivity index (χ2v) is 14.2. The zero-order valence-electron chi connectivity index (χ0n) is 24.2. The number of rotatable bonds is 10. The van der Waals surface area contributed by atoms with E-state index in [0.717, 1.165) is 55.4 Å². The van der Waals surface area contributed by atoms with Gasteiger partial charge >= 0.3 is 0 Å². The van der Waals surface area contributed by atoms with Crippen LogP contribution in [0.5, 0.6) is 0 Å². The number of carbonyl (C=O) groups excluding carboxylic acids is 1. The lowest BCUT2D eigenvalue weighted by Crippen LogP contribution is -2.53. The first kappa shape index (κ1) is 27.5. The number of fused-ring (bicyclic) bond motifs is 5. The van der Waals surface area contributed by atoms with Crippen molar-refractivity contribution in [2.75, 3.05) is 20.6 Å². The average molecular weight is 487 g/mol. The Morgan fingerprint density at radius 1 is 0.943 bits per heavy atom. The van der Waals surface area contributed by atoms with Crippen LogP contribution in [0.1, 0.15) is 124 Å². The van der Waals surface area contributed by atoms with Gasteiger partial charge in [0.05, 0.1) is 0 Å². The van der Waals surface area contributed by atoms with Crippen LogP contribution in [0, 0.1) is 46.3 Å². The van der Waals surface area contributed by atoms with E-state index in [1.807, 2.05) is 0 Å². The maximum absolute atomic E-state index is 12.6. The van der Waals surface area contributed by atoms with Crippen molar-refractivity contribution < 1.29 is 4.79 Å². The smallest absolute Gasteiger partial charge is 0.220 e. The van der Waals surface area contributed by atoms with Gasteiger partial charge in [0, 0.05) is 19.0 Å². The topological polar surface area (TPSA) is 32.3 Å². The molecule has 4 rings (SSSR count). The van der Waals surface area contributed by atoms with E-state index in [-0.39, 0.29) is 5.91 Å². The lowest BCUT2D eigenvalue weighted by molar-refractivity contribution is -0.122. The van der Waals surface area contributed by atoms with E-state index in [1.165, 1.54) is 77.0 Å². The molecule has 0 aliphatic heterocycles. The van der Waals surface area contributed by atoms with E-state index in [0.29, 0.717) is 22.8 Å². The van der Waals surface area contributed by atoms with Crippen LogP contribution < -0.4 is 5.32 Å². The molecule has 0 saturated heterocycles. The van der Waals surface area contributed by atoms with Crippen LogP contribution in [-0.2, 0) is 4.79 Å². The van der Waals surface area contributed by atoms with E-state index < -0.39 is 0 Å². The first-order valence-corrected chi connectivity index (χ1v) is 15.6. The van der Waals surface area contributed by atoms with Crippen molar-refractivity contribution in [3.8, 4) is 0 Å². The number of nitrogens with one attached hydrogen (secondary N) is 1. The molecule has 1 N–H and O–H groups in total. The fourth-order valence-corrected chi connectivity index (χ4v) is 10.3. The zero-order valence-corrected chi connectivity index (χ0v) is 24.2. The summed E-state index contributed by atoms with van der Waals surface area (Å²) in [6.45, 7) is 10.9. The minimum absolute atomic E-state index is 0.279. The van der Waals surface area contributed by atoms with Gasteiger partial charge in [-0.25, -0.2) is 0 Å². The summed E-state index contributed by atoms with van der Waals surface area (Å²) in [6.07, 6.45) is 20.1. The lowest BCUT2D eigenvalue weighted by Gasteiger charge is -2.61. The summed E-state index contributed by atoms with van der Waals surface area (Å²) < 4.78 is 0. The van der Waals surface area contributed by atoms with E-state index >= 15 is 0 Å². The Morgan fingerprint density at radius 3 is 2.46 bits per heavy atom. The van der Waals surface area contributed by atoms with Crippen molar-refractivity contribution in [1.29, 1.82) is 0 Å². The normalized spacial score (nSPS) is 40.5. The fraction of sp³-hybridized carbons (Fsp3) is 0.969. The lowest BCUT2D eigenvalue weighted by atomic mass is 9.44. The highest BCUT2D eigenvalue weighted by molar-refractivity contribution is 5.75. The molecular weight excluding hydrogens is 428 g/mol. The maximum atomic E-state index is 12.6. The second-order valence-electron chi connectivity index (χ2n) is 14.2. The molecule has 0 aromatic carbocycles. The number of amides is 1. The second kappa shape index (κ2) is 11.4. The van der Waals surface area contributed by atoms with Gasteiger partial charge in [-0.2, -0.15) is 0 Å². The molecule has 3 heteroatoms. The predicted octanol–water partition coefficient (Wildman–Crippen LogP) is 7.69. The molecule has 0 aromatic heterocycles. The molecule has 9 atom stereocenters. The molecule has 3 nitrogen and oxygen atoms in total. The Balaban J connectivity index is 1.26.